The number of methoxy groups -OCH3 is 1. The van der Waals surface area contributed by atoms with E-state index in [9.17, 15) is 19.2 Å². The summed E-state index contributed by atoms with van der Waals surface area (Å²) in [6.07, 6.45) is 0.615. The molecule has 2 aliphatic heterocycles. The molecule has 162 valence electrons. The summed E-state index contributed by atoms with van der Waals surface area (Å²) in [7, 11) is 1.56. The lowest BCUT2D eigenvalue weighted by atomic mass is 10.1. The molecule has 0 radical (unpaired) electrons. The molecule has 1 atom stereocenters. The Kier molecular flexibility index (Phi) is 7.17. The van der Waals surface area contributed by atoms with Gasteiger partial charge in [-0.3, -0.25) is 24.1 Å². The molecule has 0 aliphatic carbocycles. The Hall–Kier alpha value is -2.78. The van der Waals surface area contributed by atoms with E-state index in [1.165, 1.54) is 0 Å². The number of fused-ring (bicyclic) bond motifs is 1. The first kappa shape index (κ1) is 21.9. The zero-order valence-corrected chi connectivity index (χ0v) is 17.3. The number of hydrogen-bond donors (Lipinski definition) is 0. The maximum atomic E-state index is 13.0. The molecule has 0 saturated carbocycles. The fourth-order valence-electron chi connectivity index (χ4n) is 3.71. The minimum absolute atomic E-state index is 0.0251. The van der Waals surface area contributed by atoms with E-state index in [4.69, 9.17) is 9.47 Å². The van der Waals surface area contributed by atoms with Crippen molar-refractivity contribution >= 4 is 23.6 Å². The van der Waals surface area contributed by atoms with Crippen molar-refractivity contribution in [2.75, 3.05) is 53.1 Å². The Morgan fingerprint density at radius 2 is 1.57 bits per heavy atom. The fourth-order valence-corrected chi connectivity index (χ4v) is 3.71. The third-order valence-corrected chi connectivity index (χ3v) is 5.39. The molecule has 0 aromatic heterocycles. The number of imide groups is 1. The molecule has 1 unspecified atom stereocenters. The summed E-state index contributed by atoms with van der Waals surface area (Å²) >= 11 is 0. The number of carbonyl (C=O) groups excluding carboxylic acids is 4. The Labute approximate surface area is 175 Å². The summed E-state index contributed by atoms with van der Waals surface area (Å²) in [5.74, 6) is -1.32. The first-order chi connectivity index (χ1) is 14.5. The number of nitrogens with zero attached hydrogens (tertiary/aromatic N) is 3. The molecule has 1 fully saturated rings. The normalized spacial score (nSPS) is 17.7. The van der Waals surface area contributed by atoms with Crippen molar-refractivity contribution in [2.24, 2.45) is 0 Å². The molecular weight excluding hydrogens is 390 g/mol. The van der Waals surface area contributed by atoms with Gasteiger partial charge in [0.1, 0.15) is 12.6 Å². The van der Waals surface area contributed by atoms with Crippen LogP contribution in [0.4, 0.5) is 0 Å². The van der Waals surface area contributed by atoms with Gasteiger partial charge in [-0.2, -0.15) is 0 Å². The molecule has 1 saturated heterocycles. The van der Waals surface area contributed by atoms with Crippen molar-refractivity contribution in [3.63, 3.8) is 0 Å². The van der Waals surface area contributed by atoms with Crippen LogP contribution in [0.5, 0.6) is 0 Å². The van der Waals surface area contributed by atoms with Crippen molar-refractivity contribution < 1.29 is 28.7 Å². The average Bonchev–Trinajstić information content (AvgIpc) is 2.92. The van der Waals surface area contributed by atoms with Gasteiger partial charge in [0.05, 0.1) is 24.3 Å². The number of ether oxygens (including phenoxy) is 2. The SMILES string of the molecule is COCCOCC(=O)N1CCCN(C(=O)C(C)N2C(=O)c3ccccc3C2=O)CC1. The highest BCUT2D eigenvalue weighted by atomic mass is 16.5. The van der Waals surface area contributed by atoms with Gasteiger partial charge in [-0.15, -0.1) is 0 Å². The highest BCUT2D eigenvalue weighted by molar-refractivity contribution is 6.22. The van der Waals surface area contributed by atoms with Crippen LogP contribution < -0.4 is 0 Å². The Morgan fingerprint density at radius 1 is 0.967 bits per heavy atom. The van der Waals surface area contributed by atoms with E-state index in [0.29, 0.717) is 56.9 Å². The molecule has 0 N–H and O–H groups in total. The molecular formula is C21H27N3O6. The van der Waals surface area contributed by atoms with E-state index in [1.54, 1.807) is 48.1 Å². The van der Waals surface area contributed by atoms with Crippen LogP contribution in [0.25, 0.3) is 0 Å². The minimum Gasteiger partial charge on any atom is -0.382 e. The third-order valence-electron chi connectivity index (χ3n) is 5.39. The second-order valence-corrected chi connectivity index (χ2v) is 7.31. The van der Waals surface area contributed by atoms with Crippen LogP contribution >= 0.6 is 0 Å². The minimum atomic E-state index is -0.906. The molecule has 9 nitrogen and oxygen atoms in total. The van der Waals surface area contributed by atoms with Gasteiger partial charge < -0.3 is 19.3 Å². The van der Waals surface area contributed by atoms with Crippen LogP contribution in [0.1, 0.15) is 34.1 Å². The van der Waals surface area contributed by atoms with E-state index in [2.05, 4.69) is 0 Å². The Bertz CT molecular complexity index is 792. The number of hydrogen-bond acceptors (Lipinski definition) is 6. The Morgan fingerprint density at radius 3 is 2.20 bits per heavy atom. The maximum Gasteiger partial charge on any atom is 0.262 e. The van der Waals surface area contributed by atoms with E-state index in [-0.39, 0.29) is 18.4 Å². The number of benzene rings is 1. The Balaban J connectivity index is 1.58. The first-order valence-electron chi connectivity index (χ1n) is 10.1. The average molecular weight is 417 g/mol. The predicted molar refractivity (Wildman–Crippen MR) is 107 cm³/mol. The molecule has 0 spiro atoms. The van der Waals surface area contributed by atoms with Crippen LogP contribution in [-0.2, 0) is 19.1 Å². The molecule has 0 bridgehead atoms. The van der Waals surface area contributed by atoms with E-state index < -0.39 is 17.9 Å². The van der Waals surface area contributed by atoms with Crippen LogP contribution in [0.2, 0.25) is 0 Å². The standard InChI is InChI=1S/C21H27N3O6/c1-15(24-20(27)16-6-3-4-7-17(16)21(24)28)19(26)23-9-5-8-22(10-11-23)18(25)14-30-13-12-29-2/h3-4,6-7,15H,5,8-14H2,1-2H3. The lowest BCUT2D eigenvalue weighted by molar-refractivity contribution is -0.138. The summed E-state index contributed by atoms with van der Waals surface area (Å²) in [5, 5.41) is 0. The van der Waals surface area contributed by atoms with Crippen LogP contribution in [0, 0.1) is 0 Å². The van der Waals surface area contributed by atoms with Gasteiger partial charge in [0, 0.05) is 33.3 Å². The van der Waals surface area contributed by atoms with E-state index >= 15 is 0 Å². The van der Waals surface area contributed by atoms with Crippen molar-refractivity contribution in [1.82, 2.24) is 14.7 Å². The summed E-state index contributed by atoms with van der Waals surface area (Å²) in [5.41, 5.74) is 0.645. The van der Waals surface area contributed by atoms with Crippen molar-refractivity contribution in [2.45, 2.75) is 19.4 Å². The van der Waals surface area contributed by atoms with Gasteiger partial charge in [-0.1, -0.05) is 12.1 Å². The molecule has 9 heteroatoms. The molecule has 1 aromatic carbocycles. The van der Waals surface area contributed by atoms with Crippen molar-refractivity contribution in [3.05, 3.63) is 35.4 Å². The summed E-state index contributed by atoms with van der Waals surface area (Å²) in [6, 6.07) is 5.67. The second kappa shape index (κ2) is 9.82. The molecule has 4 amide bonds. The monoisotopic (exact) mass is 417 g/mol. The number of carbonyl (C=O) groups is 4. The largest absolute Gasteiger partial charge is 0.382 e. The molecule has 1 aromatic rings. The quantitative estimate of drug-likeness (QED) is 0.471. The van der Waals surface area contributed by atoms with Gasteiger partial charge in [-0.25, -0.2) is 0 Å². The van der Waals surface area contributed by atoms with Crippen LogP contribution in [0.15, 0.2) is 24.3 Å². The second-order valence-electron chi connectivity index (χ2n) is 7.31. The van der Waals surface area contributed by atoms with Crippen molar-refractivity contribution in [1.29, 1.82) is 0 Å². The van der Waals surface area contributed by atoms with Gasteiger partial charge in [0.2, 0.25) is 11.8 Å². The summed E-state index contributed by atoms with van der Waals surface area (Å²) in [6.45, 7) is 4.02. The maximum absolute atomic E-state index is 13.0. The summed E-state index contributed by atoms with van der Waals surface area (Å²) < 4.78 is 10.2. The van der Waals surface area contributed by atoms with Crippen LogP contribution in [-0.4, -0.2) is 97.5 Å². The van der Waals surface area contributed by atoms with Gasteiger partial charge in [-0.05, 0) is 25.5 Å². The number of amides is 4. The van der Waals surface area contributed by atoms with Crippen molar-refractivity contribution in [3.8, 4) is 0 Å². The molecule has 30 heavy (non-hydrogen) atoms. The zero-order chi connectivity index (χ0) is 21.7. The third kappa shape index (κ3) is 4.52. The van der Waals surface area contributed by atoms with Gasteiger partial charge >= 0.3 is 0 Å². The molecule has 3 rings (SSSR count). The van der Waals surface area contributed by atoms with E-state index in [0.717, 1.165) is 4.90 Å². The highest BCUT2D eigenvalue weighted by Crippen LogP contribution is 2.25. The lowest BCUT2D eigenvalue weighted by Gasteiger charge is -2.28. The zero-order valence-electron chi connectivity index (χ0n) is 17.3. The summed E-state index contributed by atoms with van der Waals surface area (Å²) in [4.78, 5) is 55.0. The fraction of sp³-hybridized carbons (Fsp3) is 0.524. The highest BCUT2D eigenvalue weighted by Gasteiger charge is 2.41. The van der Waals surface area contributed by atoms with Gasteiger partial charge in [0.25, 0.3) is 11.8 Å². The molecule has 2 aliphatic rings. The van der Waals surface area contributed by atoms with E-state index in [1.807, 2.05) is 0 Å². The first-order valence-corrected chi connectivity index (χ1v) is 10.1. The topological polar surface area (TPSA) is 96.5 Å². The van der Waals surface area contributed by atoms with Gasteiger partial charge in [0.15, 0.2) is 0 Å². The smallest absolute Gasteiger partial charge is 0.262 e. The van der Waals surface area contributed by atoms with Crippen LogP contribution in [0.3, 0.4) is 0 Å². The predicted octanol–water partition coefficient (Wildman–Crippen LogP) is 0.395. The lowest BCUT2D eigenvalue weighted by Crippen LogP contribution is -2.50. The number of rotatable bonds is 7. The molecule has 2 heterocycles.